The molecule has 0 atom stereocenters. The Morgan fingerprint density at radius 1 is 1.00 bits per heavy atom. The van der Waals surface area contributed by atoms with Gasteiger partial charge in [-0.1, -0.05) is 60.7 Å². The second-order valence-corrected chi connectivity index (χ2v) is 6.07. The first kappa shape index (κ1) is 14.0. The highest BCUT2D eigenvalue weighted by Crippen LogP contribution is 2.35. The average molecular weight is 300 g/mol. The molecular formula is C21H20N2. The number of aromatic nitrogens is 2. The van der Waals surface area contributed by atoms with Crippen LogP contribution in [0.25, 0.3) is 11.3 Å². The smallest absolute Gasteiger partial charge is 0.0724 e. The van der Waals surface area contributed by atoms with E-state index in [1.54, 1.807) is 0 Å². The second-order valence-electron chi connectivity index (χ2n) is 6.07. The van der Waals surface area contributed by atoms with Crippen molar-refractivity contribution in [3.8, 4) is 11.3 Å². The molecule has 0 saturated carbocycles. The third kappa shape index (κ3) is 2.50. The Morgan fingerprint density at radius 3 is 2.61 bits per heavy atom. The fourth-order valence-corrected chi connectivity index (χ4v) is 3.51. The quantitative estimate of drug-likeness (QED) is 0.652. The van der Waals surface area contributed by atoms with E-state index in [0.717, 1.165) is 25.8 Å². The van der Waals surface area contributed by atoms with E-state index < -0.39 is 0 Å². The van der Waals surface area contributed by atoms with Crippen molar-refractivity contribution in [1.29, 1.82) is 0 Å². The maximum absolute atomic E-state index is 4.92. The zero-order chi connectivity index (χ0) is 15.6. The molecule has 0 unspecified atom stereocenters. The van der Waals surface area contributed by atoms with Crippen LogP contribution >= 0.6 is 0 Å². The summed E-state index contributed by atoms with van der Waals surface area (Å²) >= 11 is 0. The number of nitrogens with zero attached hydrogens (tertiary/aromatic N) is 2. The number of rotatable bonds is 4. The molecule has 2 heteroatoms. The molecule has 0 aliphatic heterocycles. The van der Waals surface area contributed by atoms with Gasteiger partial charge in [0.2, 0.25) is 0 Å². The molecule has 0 saturated heterocycles. The predicted octanol–water partition coefficient (Wildman–Crippen LogP) is 4.43. The van der Waals surface area contributed by atoms with E-state index in [0.29, 0.717) is 0 Å². The van der Waals surface area contributed by atoms with Gasteiger partial charge in [0.1, 0.15) is 0 Å². The molecule has 1 heterocycles. The van der Waals surface area contributed by atoms with Gasteiger partial charge in [0.15, 0.2) is 0 Å². The van der Waals surface area contributed by atoms with Crippen LogP contribution in [0.3, 0.4) is 0 Å². The lowest BCUT2D eigenvalue weighted by molar-refractivity contribution is 0.682. The molecule has 0 spiro atoms. The van der Waals surface area contributed by atoms with Crippen molar-refractivity contribution in [3.63, 3.8) is 0 Å². The highest BCUT2D eigenvalue weighted by atomic mass is 15.3. The molecule has 114 valence electrons. The molecule has 1 aliphatic rings. The molecule has 2 aromatic carbocycles. The summed E-state index contributed by atoms with van der Waals surface area (Å²) in [6.07, 6.45) is 4.97. The Morgan fingerprint density at radius 2 is 1.78 bits per heavy atom. The minimum Gasteiger partial charge on any atom is -0.260 e. The summed E-state index contributed by atoms with van der Waals surface area (Å²) in [6, 6.07) is 19.3. The van der Waals surface area contributed by atoms with Crippen LogP contribution in [0.5, 0.6) is 0 Å². The lowest BCUT2D eigenvalue weighted by atomic mass is 9.88. The van der Waals surface area contributed by atoms with Crippen molar-refractivity contribution in [2.45, 2.75) is 25.8 Å². The van der Waals surface area contributed by atoms with Crippen molar-refractivity contribution >= 4 is 0 Å². The first-order valence-electron chi connectivity index (χ1n) is 8.18. The standard InChI is InChI=1S/C21H20N2/c1-2-8-20-19-14-13-17-11-6-7-12-18(17)21(19)23(22-20)15-16-9-4-3-5-10-16/h2-7,9-12H,1,8,13-15H2. The molecule has 0 amide bonds. The summed E-state index contributed by atoms with van der Waals surface area (Å²) in [7, 11) is 0. The van der Waals surface area contributed by atoms with Crippen LogP contribution in [0.1, 0.15) is 22.4 Å². The largest absolute Gasteiger partial charge is 0.260 e. The van der Waals surface area contributed by atoms with Crippen LogP contribution in [0.2, 0.25) is 0 Å². The van der Waals surface area contributed by atoms with Gasteiger partial charge in [-0.2, -0.15) is 5.10 Å². The summed E-state index contributed by atoms with van der Waals surface area (Å²) in [5, 5.41) is 4.92. The molecular weight excluding hydrogens is 280 g/mol. The van der Waals surface area contributed by atoms with Gasteiger partial charge in [0.05, 0.1) is 17.9 Å². The van der Waals surface area contributed by atoms with E-state index in [4.69, 9.17) is 5.10 Å². The molecule has 3 aromatic rings. The van der Waals surface area contributed by atoms with Crippen LogP contribution < -0.4 is 0 Å². The van der Waals surface area contributed by atoms with Gasteiger partial charge >= 0.3 is 0 Å². The molecule has 0 fully saturated rings. The predicted molar refractivity (Wildman–Crippen MR) is 94.5 cm³/mol. The summed E-state index contributed by atoms with van der Waals surface area (Å²) in [4.78, 5) is 0. The maximum Gasteiger partial charge on any atom is 0.0724 e. The van der Waals surface area contributed by atoms with Crippen molar-refractivity contribution in [2.75, 3.05) is 0 Å². The third-order valence-corrected chi connectivity index (χ3v) is 4.56. The van der Waals surface area contributed by atoms with Crippen LogP contribution in [-0.2, 0) is 25.8 Å². The second kappa shape index (κ2) is 5.88. The minimum absolute atomic E-state index is 0.814. The van der Waals surface area contributed by atoms with E-state index in [2.05, 4.69) is 65.9 Å². The van der Waals surface area contributed by atoms with E-state index in [1.807, 2.05) is 6.08 Å². The summed E-state index contributed by atoms with van der Waals surface area (Å²) in [5.41, 5.74) is 7.94. The van der Waals surface area contributed by atoms with E-state index in [9.17, 15) is 0 Å². The first-order chi connectivity index (χ1) is 11.4. The van der Waals surface area contributed by atoms with Gasteiger partial charge in [-0.15, -0.1) is 6.58 Å². The Hall–Kier alpha value is -2.61. The van der Waals surface area contributed by atoms with Gasteiger partial charge in [-0.3, -0.25) is 4.68 Å². The SMILES string of the molecule is C=CCc1nn(Cc2ccccc2)c2c1CCc1ccccc1-2. The van der Waals surface area contributed by atoms with E-state index >= 15 is 0 Å². The Labute approximate surface area is 137 Å². The van der Waals surface area contributed by atoms with Crippen molar-refractivity contribution in [1.82, 2.24) is 9.78 Å². The number of hydrogen-bond donors (Lipinski definition) is 0. The normalized spacial score (nSPS) is 12.5. The zero-order valence-corrected chi connectivity index (χ0v) is 13.2. The highest BCUT2D eigenvalue weighted by molar-refractivity contribution is 5.71. The van der Waals surface area contributed by atoms with Gasteiger partial charge in [-0.25, -0.2) is 0 Å². The van der Waals surface area contributed by atoms with Crippen LogP contribution in [0.4, 0.5) is 0 Å². The van der Waals surface area contributed by atoms with Crippen LogP contribution in [-0.4, -0.2) is 9.78 Å². The van der Waals surface area contributed by atoms with E-state index in [-0.39, 0.29) is 0 Å². The number of aryl methyl sites for hydroxylation is 1. The van der Waals surface area contributed by atoms with Crippen molar-refractivity contribution < 1.29 is 0 Å². The zero-order valence-electron chi connectivity index (χ0n) is 13.2. The van der Waals surface area contributed by atoms with Gasteiger partial charge in [-0.05, 0) is 24.0 Å². The lowest BCUT2D eigenvalue weighted by Gasteiger charge is -2.18. The molecule has 4 rings (SSSR count). The third-order valence-electron chi connectivity index (χ3n) is 4.56. The fraction of sp³-hybridized carbons (Fsp3) is 0.190. The number of benzene rings is 2. The number of allylic oxidation sites excluding steroid dienone is 1. The molecule has 1 aromatic heterocycles. The molecule has 2 nitrogen and oxygen atoms in total. The van der Waals surface area contributed by atoms with Crippen molar-refractivity contribution in [2.24, 2.45) is 0 Å². The van der Waals surface area contributed by atoms with E-state index in [1.165, 1.54) is 33.6 Å². The van der Waals surface area contributed by atoms with Crippen LogP contribution in [0.15, 0.2) is 67.3 Å². The Balaban J connectivity index is 1.85. The molecule has 0 radical (unpaired) electrons. The van der Waals surface area contributed by atoms with Gasteiger partial charge in [0, 0.05) is 17.5 Å². The lowest BCUT2D eigenvalue weighted by Crippen LogP contribution is -2.09. The number of hydrogen-bond acceptors (Lipinski definition) is 1. The first-order valence-corrected chi connectivity index (χ1v) is 8.18. The summed E-state index contributed by atoms with van der Waals surface area (Å²) < 4.78 is 2.18. The average Bonchev–Trinajstić information content (AvgIpc) is 2.94. The summed E-state index contributed by atoms with van der Waals surface area (Å²) in [5.74, 6) is 0. The topological polar surface area (TPSA) is 17.8 Å². The Bertz CT molecular complexity index is 844. The molecule has 23 heavy (non-hydrogen) atoms. The van der Waals surface area contributed by atoms with Gasteiger partial charge in [0.25, 0.3) is 0 Å². The molecule has 0 bridgehead atoms. The maximum atomic E-state index is 4.92. The Kier molecular flexibility index (Phi) is 3.58. The van der Waals surface area contributed by atoms with Crippen LogP contribution in [0, 0.1) is 0 Å². The molecule has 1 aliphatic carbocycles. The monoisotopic (exact) mass is 300 g/mol. The summed E-state index contributed by atoms with van der Waals surface area (Å²) in [6.45, 7) is 4.71. The fourth-order valence-electron chi connectivity index (χ4n) is 3.51. The number of fused-ring (bicyclic) bond motifs is 3. The highest BCUT2D eigenvalue weighted by Gasteiger charge is 2.24. The van der Waals surface area contributed by atoms with Gasteiger partial charge < -0.3 is 0 Å². The molecule has 0 N–H and O–H groups in total. The van der Waals surface area contributed by atoms with Crippen molar-refractivity contribution in [3.05, 3.63) is 89.6 Å². The minimum atomic E-state index is 0.814.